The van der Waals surface area contributed by atoms with E-state index in [1.807, 2.05) is 6.92 Å². The highest BCUT2D eigenvalue weighted by Crippen LogP contribution is 2.31. The molecule has 1 rings (SSSR count). The lowest BCUT2D eigenvalue weighted by atomic mass is 9.88. The van der Waals surface area contributed by atoms with Crippen molar-refractivity contribution in [3.63, 3.8) is 0 Å². The lowest BCUT2D eigenvalue weighted by molar-refractivity contribution is -0.384. The third-order valence-corrected chi connectivity index (χ3v) is 3.06. The minimum atomic E-state index is -0.427. The van der Waals surface area contributed by atoms with Crippen LogP contribution < -0.4 is 5.32 Å². The molecule has 0 radical (unpaired) electrons. The SMILES string of the molecule is CC(Nc1ccc(Cl)cc1[N+](=O)[O-])C(C)(C)C. The van der Waals surface area contributed by atoms with Crippen molar-refractivity contribution in [1.82, 2.24) is 0 Å². The predicted octanol–water partition coefficient (Wildman–Crippen LogP) is 4.09. The lowest BCUT2D eigenvalue weighted by Crippen LogP contribution is -2.31. The quantitative estimate of drug-likeness (QED) is 0.654. The number of hydrogen-bond acceptors (Lipinski definition) is 3. The predicted molar refractivity (Wildman–Crippen MR) is 70.6 cm³/mol. The first-order valence-corrected chi connectivity index (χ1v) is 5.80. The van der Waals surface area contributed by atoms with Crippen molar-refractivity contribution in [2.45, 2.75) is 33.7 Å². The van der Waals surface area contributed by atoms with Gasteiger partial charge >= 0.3 is 0 Å². The molecule has 0 aliphatic carbocycles. The molecule has 94 valence electrons. The topological polar surface area (TPSA) is 55.2 Å². The fourth-order valence-electron chi connectivity index (χ4n) is 1.23. The van der Waals surface area contributed by atoms with E-state index in [1.54, 1.807) is 12.1 Å². The van der Waals surface area contributed by atoms with Gasteiger partial charge in [0.15, 0.2) is 0 Å². The van der Waals surface area contributed by atoms with E-state index in [-0.39, 0.29) is 17.1 Å². The third kappa shape index (κ3) is 3.60. The Bertz CT molecular complexity index is 427. The Morgan fingerprint density at radius 2 is 2.00 bits per heavy atom. The van der Waals surface area contributed by atoms with Crippen molar-refractivity contribution in [2.24, 2.45) is 5.41 Å². The van der Waals surface area contributed by atoms with Crippen molar-refractivity contribution in [2.75, 3.05) is 5.32 Å². The molecule has 0 aliphatic rings. The zero-order chi connectivity index (χ0) is 13.2. The molecule has 0 aromatic heterocycles. The molecule has 0 bridgehead atoms. The van der Waals surface area contributed by atoms with Crippen LogP contribution in [0.4, 0.5) is 11.4 Å². The van der Waals surface area contributed by atoms with Crippen LogP contribution in [0.5, 0.6) is 0 Å². The number of nitrogens with one attached hydrogen (secondary N) is 1. The number of hydrogen-bond donors (Lipinski definition) is 1. The van der Waals surface area contributed by atoms with Gasteiger partial charge in [0.2, 0.25) is 0 Å². The number of rotatable bonds is 3. The second kappa shape index (κ2) is 4.92. The van der Waals surface area contributed by atoms with Crippen molar-refractivity contribution in [1.29, 1.82) is 0 Å². The van der Waals surface area contributed by atoms with Gasteiger partial charge in [-0.1, -0.05) is 32.4 Å². The molecule has 0 spiro atoms. The molecule has 5 heteroatoms. The summed E-state index contributed by atoms with van der Waals surface area (Å²) in [4.78, 5) is 10.5. The normalized spacial score (nSPS) is 13.2. The van der Waals surface area contributed by atoms with Crippen molar-refractivity contribution in [3.05, 3.63) is 33.3 Å². The van der Waals surface area contributed by atoms with Crippen LogP contribution in [-0.2, 0) is 0 Å². The Hall–Kier alpha value is -1.29. The number of nitrogens with zero attached hydrogens (tertiary/aromatic N) is 1. The first kappa shape index (κ1) is 13.8. The molecule has 17 heavy (non-hydrogen) atoms. The monoisotopic (exact) mass is 256 g/mol. The van der Waals surface area contributed by atoms with E-state index < -0.39 is 4.92 Å². The van der Waals surface area contributed by atoms with E-state index in [4.69, 9.17) is 11.6 Å². The Morgan fingerprint density at radius 1 is 1.41 bits per heavy atom. The summed E-state index contributed by atoms with van der Waals surface area (Å²) in [5.41, 5.74) is 0.531. The molecule has 0 heterocycles. The van der Waals surface area contributed by atoms with Gasteiger partial charge in [-0.2, -0.15) is 0 Å². The Labute approximate surface area is 106 Å². The van der Waals surface area contributed by atoms with Gasteiger partial charge in [0.05, 0.1) is 4.92 Å². The van der Waals surface area contributed by atoms with Gasteiger partial charge in [0.1, 0.15) is 5.69 Å². The lowest BCUT2D eigenvalue weighted by Gasteiger charge is -2.28. The first-order chi connectivity index (χ1) is 7.71. The maximum atomic E-state index is 10.9. The molecule has 0 fully saturated rings. The summed E-state index contributed by atoms with van der Waals surface area (Å²) >= 11 is 5.76. The summed E-state index contributed by atoms with van der Waals surface area (Å²) in [6.07, 6.45) is 0. The molecule has 0 amide bonds. The van der Waals surface area contributed by atoms with Crippen LogP contribution in [0.15, 0.2) is 18.2 Å². The first-order valence-electron chi connectivity index (χ1n) is 5.42. The zero-order valence-electron chi connectivity index (χ0n) is 10.5. The van der Waals surface area contributed by atoms with Crippen LogP contribution in [0.25, 0.3) is 0 Å². The van der Waals surface area contributed by atoms with E-state index in [9.17, 15) is 10.1 Å². The standard InChI is InChI=1S/C12H17ClN2O2/c1-8(12(2,3)4)14-10-6-5-9(13)7-11(10)15(16)17/h5-8,14H,1-4H3. The maximum Gasteiger partial charge on any atom is 0.293 e. The number of anilines is 1. The average molecular weight is 257 g/mol. The van der Waals surface area contributed by atoms with E-state index >= 15 is 0 Å². The van der Waals surface area contributed by atoms with Crippen molar-refractivity contribution < 1.29 is 4.92 Å². The highest BCUT2D eigenvalue weighted by Gasteiger charge is 2.23. The van der Waals surface area contributed by atoms with E-state index in [2.05, 4.69) is 26.1 Å². The van der Waals surface area contributed by atoms with Gasteiger partial charge in [0.25, 0.3) is 5.69 Å². The van der Waals surface area contributed by atoms with Gasteiger partial charge in [-0.15, -0.1) is 0 Å². The second-order valence-electron chi connectivity index (χ2n) is 5.15. The summed E-state index contributed by atoms with van der Waals surface area (Å²) < 4.78 is 0. The minimum Gasteiger partial charge on any atom is -0.377 e. The molecule has 1 aromatic carbocycles. The summed E-state index contributed by atoms with van der Waals surface area (Å²) in [7, 11) is 0. The van der Waals surface area contributed by atoms with Crippen LogP contribution >= 0.6 is 11.6 Å². The molecule has 1 N–H and O–H groups in total. The summed E-state index contributed by atoms with van der Waals surface area (Å²) in [5, 5.41) is 14.4. The van der Waals surface area contributed by atoms with Crippen LogP contribution in [0.3, 0.4) is 0 Å². The number of nitro benzene ring substituents is 1. The van der Waals surface area contributed by atoms with Gasteiger partial charge < -0.3 is 5.32 Å². The highest BCUT2D eigenvalue weighted by molar-refractivity contribution is 6.30. The van der Waals surface area contributed by atoms with E-state index in [0.717, 1.165) is 0 Å². The minimum absolute atomic E-state index is 0.00796. The fraction of sp³-hybridized carbons (Fsp3) is 0.500. The van der Waals surface area contributed by atoms with Gasteiger partial charge in [0, 0.05) is 17.1 Å². The molecular weight excluding hydrogens is 240 g/mol. The van der Waals surface area contributed by atoms with Crippen LogP contribution in [0.1, 0.15) is 27.7 Å². The van der Waals surface area contributed by atoms with Gasteiger partial charge in [-0.05, 0) is 24.5 Å². The number of halogens is 1. The van der Waals surface area contributed by atoms with Crippen LogP contribution in [0.2, 0.25) is 5.02 Å². The fourth-order valence-corrected chi connectivity index (χ4v) is 1.39. The molecule has 1 atom stereocenters. The van der Waals surface area contributed by atoms with Crippen LogP contribution in [0, 0.1) is 15.5 Å². The molecule has 0 aliphatic heterocycles. The molecule has 0 saturated heterocycles. The largest absolute Gasteiger partial charge is 0.377 e. The zero-order valence-corrected chi connectivity index (χ0v) is 11.2. The smallest absolute Gasteiger partial charge is 0.293 e. The number of benzene rings is 1. The van der Waals surface area contributed by atoms with Crippen molar-refractivity contribution >= 4 is 23.0 Å². The molecule has 4 nitrogen and oxygen atoms in total. The highest BCUT2D eigenvalue weighted by atomic mass is 35.5. The van der Waals surface area contributed by atoms with E-state index in [1.165, 1.54) is 6.07 Å². The molecule has 0 saturated carbocycles. The van der Waals surface area contributed by atoms with Crippen molar-refractivity contribution in [3.8, 4) is 0 Å². The third-order valence-electron chi connectivity index (χ3n) is 2.83. The van der Waals surface area contributed by atoms with Gasteiger partial charge in [-0.3, -0.25) is 10.1 Å². The van der Waals surface area contributed by atoms with E-state index in [0.29, 0.717) is 10.7 Å². The summed E-state index contributed by atoms with van der Waals surface area (Å²) in [6, 6.07) is 4.76. The summed E-state index contributed by atoms with van der Waals surface area (Å²) in [6.45, 7) is 8.23. The molecule has 1 unspecified atom stereocenters. The number of nitro groups is 1. The Kier molecular flexibility index (Phi) is 3.98. The molecular formula is C12H17ClN2O2. The maximum absolute atomic E-state index is 10.9. The molecule has 1 aromatic rings. The average Bonchev–Trinajstić information content (AvgIpc) is 2.18. The Balaban J connectivity index is 3.03. The second-order valence-corrected chi connectivity index (χ2v) is 5.59. The summed E-state index contributed by atoms with van der Waals surface area (Å²) in [5.74, 6) is 0. The Morgan fingerprint density at radius 3 is 2.47 bits per heavy atom. The van der Waals surface area contributed by atoms with Gasteiger partial charge in [-0.25, -0.2) is 0 Å². The van der Waals surface area contributed by atoms with Crippen LogP contribution in [-0.4, -0.2) is 11.0 Å².